The summed E-state index contributed by atoms with van der Waals surface area (Å²) in [6.45, 7) is 14.0. The van der Waals surface area contributed by atoms with E-state index in [0.29, 0.717) is 11.6 Å². The van der Waals surface area contributed by atoms with Gasteiger partial charge in [0.1, 0.15) is 0 Å². The van der Waals surface area contributed by atoms with Crippen molar-refractivity contribution >= 4 is 51.6 Å². The van der Waals surface area contributed by atoms with Crippen molar-refractivity contribution in [2.45, 2.75) is 67.7 Å². The molecular formula is C30H39N5OS. The highest BCUT2D eigenvalue weighted by Crippen LogP contribution is 2.26. The standard InChI is InChI=1S/C21H23N5O.C6H8S.C3H8/c1-5-8-22-17(6-2)18-7-9-23-21(26-18)24-16-10-13(3)20-15(11-16)12-19(25-20)14(4)27;1-2-6-4-3-5-7-6;1-3-2/h6-12,25H,5H2,1-4H3,(H,23,24,26);3-5H,2H2,1H3;3H2,1-2H3/b17-6-,22-8?;;. The molecule has 0 aliphatic heterocycles. The second kappa shape index (κ2) is 15.5. The van der Waals surface area contributed by atoms with Gasteiger partial charge in [-0.15, -0.1) is 11.3 Å². The smallest absolute Gasteiger partial charge is 0.227 e. The van der Waals surface area contributed by atoms with Crippen molar-refractivity contribution in [1.29, 1.82) is 0 Å². The first-order valence-corrected chi connectivity index (χ1v) is 13.7. The van der Waals surface area contributed by atoms with Gasteiger partial charge in [0.25, 0.3) is 0 Å². The minimum Gasteiger partial charge on any atom is -0.352 e. The van der Waals surface area contributed by atoms with Crippen LogP contribution < -0.4 is 5.32 Å². The molecule has 0 radical (unpaired) electrons. The van der Waals surface area contributed by atoms with Crippen LogP contribution in [-0.4, -0.2) is 26.9 Å². The fourth-order valence-electron chi connectivity index (χ4n) is 3.37. The summed E-state index contributed by atoms with van der Waals surface area (Å²) in [6, 6.07) is 11.9. The molecule has 2 N–H and O–H groups in total. The van der Waals surface area contributed by atoms with Crippen molar-refractivity contribution in [1.82, 2.24) is 15.0 Å². The molecule has 6 nitrogen and oxygen atoms in total. The number of aromatic nitrogens is 3. The number of hydrogen-bond acceptors (Lipinski definition) is 6. The summed E-state index contributed by atoms with van der Waals surface area (Å²) in [5, 5.41) is 6.33. The minimum absolute atomic E-state index is 0.0164. The third-order valence-corrected chi connectivity index (χ3v) is 6.11. The van der Waals surface area contributed by atoms with E-state index in [4.69, 9.17) is 0 Å². The maximum Gasteiger partial charge on any atom is 0.227 e. The van der Waals surface area contributed by atoms with Gasteiger partial charge in [-0.1, -0.05) is 46.3 Å². The number of aromatic amines is 1. The van der Waals surface area contributed by atoms with Crippen LogP contribution in [0.5, 0.6) is 0 Å². The molecule has 0 atom stereocenters. The minimum atomic E-state index is 0.0164. The van der Waals surface area contributed by atoms with Gasteiger partial charge in [-0.3, -0.25) is 9.79 Å². The summed E-state index contributed by atoms with van der Waals surface area (Å²) in [5.74, 6) is 0.516. The maximum atomic E-state index is 11.6. The number of carbonyl (C=O) groups is 1. The Balaban J connectivity index is 0.000000404. The molecule has 0 saturated carbocycles. The highest BCUT2D eigenvalue weighted by molar-refractivity contribution is 7.09. The van der Waals surface area contributed by atoms with Crippen LogP contribution in [0.4, 0.5) is 11.6 Å². The Kier molecular flexibility index (Phi) is 12.4. The lowest BCUT2D eigenvalue weighted by Crippen LogP contribution is -1.99. The first-order valence-electron chi connectivity index (χ1n) is 12.8. The Labute approximate surface area is 225 Å². The van der Waals surface area contributed by atoms with Crippen LogP contribution in [0.25, 0.3) is 16.6 Å². The van der Waals surface area contributed by atoms with Gasteiger partial charge in [0.2, 0.25) is 5.95 Å². The number of hydrogen-bond donors (Lipinski definition) is 2. The SMILES string of the molecule is C/C=C(\N=CCC)c1ccnc(Nc2cc(C)c3[nH]c(C(C)=O)cc3c2)n1.CCC.CCc1cccs1. The van der Waals surface area contributed by atoms with E-state index in [1.165, 1.54) is 17.7 Å². The molecule has 37 heavy (non-hydrogen) atoms. The Morgan fingerprint density at radius 1 is 1.16 bits per heavy atom. The molecular weight excluding hydrogens is 478 g/mol. The summed E-state index contributed by atoms with van der Waals surface area (Å²) >= 11 is 1.82. The molecule has 7 heteroatoms. The van der Waals surface area contributed by atoms with Gasteiger partial charge < -0.3 is 10.3 Å². The van der Waals surface area contributed by atoms with Crippen molar-refractivity contribution in [3.8, 4) is 0 Å². The molecule has 1 aromatic carbocycles. The zero-order valence-electron chi connectivity index (χ0n) is 23.1. The summed E-state index contributed by atoms with van der Waals surface area (Å²) < 4.78 is 0. The predicted octanol–water partition coefficient (Wildman–Crippen LogP) is 8.78. The number of benzene rings is 1. The van der Waals surface area contributed by atoms with Gasteiger partial charge in [-0.2, -0.15) is 0 Å². The average Bonchev–Trinajstić information content (AvgIpc) is 3.56. The van der Waals surface area contributed by atoms with Gasteiger partial charge in [0.05, 0.1) is 17.1 Å². The zero-order chi connectivity index (χ0) is 27.2. The molecule has 0 fully saturated rings. The van der Waals surface area contributed by atoms with E-state index >= 15 is 0 Å². The first kappa shape index (κ1) is 29.6. The molecule has 0 spiro atoms. The zero-order valence-corrected chi connectivity index (χ0v) is 23.9. The molecule has 0 amide bonds. The van der Waals surface area contributed by atoms with E-state index in [-0.39, 0.29) is 5.78 Å². The highest BCUT2D eigenvalue weighted by atomic mass is 32.1. The van der Waals surface area contributed by atoms with E-state index in [0.717, 1.165) is 40.0 Å². The number of Topliss-reactive ketones (excluding diaryl/α,β-unsaturated/α-hetero) is 1. The number of carbonyl (C=O) groups excluding carboxylic acids is 1. The third-order valence-electron chi connectivity index (χ3n) is 5.09. The van der Waals surface area contributed by atoms with Crippen LogP contribution in [0.15, 0.2) is 59.0 Å². The van der Waals surface area contributed by atoms with E-state index < -0.39 is 0 Å². The molecule has 0 saturated heterocycles. The van der Waals surface area contributed by atoms with Gasteiger partial charge in [0, 0.05) is 40.8 Å². The van der Waals surface area contributed by atoms with Gasteiger partial charge >= 0.3 is 0 Å². The van der Waals surface area contributed by atoms with Crippen LogP contribution in [0.3, 0.4) is 0 Å². The molecule has 4 aromatic rings. The van der Waals surface area contributed by atoms with Crippen LogP contribution in [-0.2, 0) is 6.42 Å². The number of fused-ring (bicyclic) bond motifs is 1. The van der Waals surface area contributed by atoms with Gasteiger partial charge in [-0.05, 0) is 68.0 Å². The molecule has 0 aliphatic carbocycles. The molecule has 3 aromatic heterocycles. The van der Waals surface area contributed by atoms with E-state index in [1.807, 2.05) is 68.7 Å². The van der Waals surface area contributed by atoms with Gasteiger partial charge in [0.15, 0.2) is 5.78 Å². The Bertz CT molecular complexity index is 1320. The predicted molar refractivity (Wildman–Crippen MR) is 160 cm³/mol. The second-order valence-electron chi connectivity index (χ2n) is 8.42. The number of H-pyrrole nitrogens is 1. The average molecular weight is 518 g/mol. The Hall–Kier alpha value is -3.58. The highest BCUT2D eigenvalue weighted by Gasteiger charge is 2.10. The molecule has 0 aliphatic rings. The molecule has 4 rings (SSSR count). The Morgan fingerprint density at radius 2 is 1.92 bits per heavy atom. The Morgan fingerprint density at radius 3 is 2.49 bits per heavy atom. The summed E-state index contributed by atoms with van der Waals surface area (Å²) in [7, 11) is 0. The van der Waals surface area contributed by atoms with Crippen LogP contribution in [0, 0.1) is 6.92 Å². The van der Waals surface area contributed by atoms with E-state index in [1.54, 1.807) is 13.1 Å². The van der Waals surface area contributed by atoms with Crippen LogP contribution >= 0.6 is 11.3 Å². The van der Waals surface area contributed by atoms with Crippen molar-refractivity contribution in [3.63, 3.8) is 0 Å². The largest absolute Gasteiger partial charge is 0.352 e. The number of aliphatic imine (C=N–C) groups is 1. The van der Waals surface area contributed by atoms with Crippen molar-refractivity contribution in [2.75, 3.05) is 5.32 Å². The van der Waals surface area contributed by atoms with Gasteiger partial charge in [-0.25, -0.2) is 9.97 Å². The number of allylic oxidation sites excluding steroid dienone is 1. The number of ketones is 1. The lowest BCUT2D eigenvalue weighted by atomic mass is 10.1. The first-order chi connectivity index (χ1) is 17.9. The second-order valence-corrected chi connectivity index (χ2v) is 9.45. The summed E-state index contributed by atoms with van der Waals surface area (Å²) in [6.07, 6.45) is 8.80. The normalized spacial score (nSPS) is 11.1. The fourth-order valence-corrected chi connectivity index (χ4v) is 4.03. The molecule has 3 heterocycles. The lowest BCUT2D eigenvalue weighted by Gasteiger charge is -2.08. The topological polar surface area (TPSA) is 83.0 Å². The summed E-state index contributed by atoms with van der Waals surface area (Å²) in [5.41, 5.74) is 5.05. The van der Waals surface area contributed by atoms with Crippen molar-refractivity contribution < 1.29 is 4.79 Å². The van der Waals surface area contributed by atoms with Crippen LogP contribution in [0.2, 0.25) is 0 Å². The lowest BCUT2D eigenvalue weighted by molar-refractivity contribution is 0.101. The number of aryl methyl sites for hydroxylation is 2. The molecule has 196 valence electrons. The summed E-state index contributed by atoms with van der Waals surface area (Å²) in [4.78, 5) is 29.6. The number of nitrogens with zero attached hydrogens (tertiary/aromatic N) is 3. The van der Waals surface area contributed by atoms with E-state index in [2.05, 4.69) is 63.5 Å². The number of rotatable bonds is 7. The van der Waals surface area contributed by atoms with E-state index in [9.17, 15) is 4.79 Å². The fraction of sp³-hybridized carbons (Fsp3) is 0.333. The van der Waals surface area contributed by atoms with Crippen LogP contribution in [0.1, 0.15) is 81.0 Å². The third kappa shape index (κ3) is 9.10. The monoisotopic (exact) mass is 517 g/mol. The number of thiophene rings is 1. The molecule has 0 unspecified atom stereocenters. The van der Waals surface area contributed by atoms with Crippen molar-refractivity contribution in [3.05, 3.63) is 75.9 Å². The molecule has 0 bridgehead atoms. The number of anilines is 2. The quantitative estimate of drug-likeness (QED) is 0.189. The maximum absolute atomic E-state index is 11.6. The number of nitrogens with one attached hydrogen (secondary N) is 2. The van der Waals surface area contributed by atoms with Crippen molar-refractivity contribution in [2.24, 2.45) is 4.99 Å².